The van der Waals surface area contributed by atoms with Crippen molar-refractivity contribution in [2.45, 2.75) is 18.7 Å². The Hall–Kier alpha value is -0.220. The van der Waals surface area contributed by atoms with E-state index in [0.717, 1.165) is 32.2 Å². The van der Waals surface area contributed by atoms with Crippen molar-refractivity contribution in [1.29, 1.82) is 0 Å². The van der Waals surface area contributed by atoms with Gasteiger partial charge >= 0.3 is 0 Å². The van der Waals surface area contributed by atoms with E-state index in [1.54, 1.807) is 0 Å². The number of rotatable bonds is 5. The van der Waals surface area contributed by atoms with Crippen LogP contribution < -0.4 is 4.74 Å². The molecule has 21 heavy (non-hydrogen) atoms. The van der Waals surface area contributed by atoms with Gasteiger partial charge in [-0.25, -0.2) is 0 Å². The molecule has 0 amide bonds. The summed E-state index contributed by atoms with van der Waals surface area (Å²) in [6, 6.07) is 11.6. The number of hydrogen-bond donors (Lipinski definition) is 0. The zero-order valence-corrected chi connectivity index (χ0v) is 16.1. The van der Waals surface area contributed by atoms with Gasteiger partial charge in [-0.05, 0) is 73.7 Å². The molecule has 0 aliphatic carbocycles. The maximum Gasteiger partial charge on any atom is 0.133 e. The Kier molecular flexibility index (Phi) is 6.42. The van der Waals surface area contributed by atoms with Crippen LogP contribution in [-0.2, 0) is 0 Å². The summed E-state index contributed by atoms with van der Waals surface area (Å²) in [6.07, 6.45) is 0.976. The molecule has 0 spiro atoms. The molecule has 0 fully saturated rings. The van der Waals surface area contributed by atoms with Crippen LogP contribution in [0.1, 0.15) is 29.8 Å². The normalized spacial score (nSPS) is 12.2. The second-order valence-electron chi connectivity index (χ2n) is 4.57. The molecule has 0 radical (unpaired) electrons. The Labute approximate surface area is 151 Å². The van der Waals surface area contributed by atoms with Gasteiger partial charge in [0.1, 0.15) is 5.75 Å². The van der Waals surface area contributed by atoms with E-state index >= 15 is 0 Å². The van der Waals surface area contributed by atoms with E-state index in [4.69, 9.17) is 27.9 Å². The minimum absolute atomic E-state index is 0.257. The Morgan fingerprint density at radius 2 is 1.71 bits per heavy atom. The predicted molar refractivity (Wildman–Crippen MR) is 96.8 cm³/mol. The van der Waals surface area contributed by atoms with Gasteiger partial charge in [0, 0.05) is 4.47 Å². The van der Waals surface area contributed by atoms with Crippen molar-refractivity contribution in [2.24, 2.45) is 0 Å². The number of ether oxygens (including phenoxy) is 1. The second kappa shape index (κ2) is 7.87. The molecule has 0 saturated carbocycles. The van der Waals surface area contributed by atoms with Crippen LogP contribution >= 0.6 is 55.1 Å². The zero-order valence-electron chi connectivity index (χ0n) is 11.4. The summed E-state index contributed by atoms with van der Waals surface area (Å²) < 4.78 is 7.41. The summed E-state index contributed by atoms with van der Waals surface area (Å²) in [5.74, 6) is 0.832. The molecule has 0 aliphatic rings. The molecule has 0 saturated heterocycles. The second-order valence-corrected chi connectivity index (χ2v) is 7.13. The largest absolute Gasteiger partial charge is 0.492 e. The van der Waals surface area contributed by atoms with Gasteiger partial charge in [-0.1, -0.05) is 30.7 Å². The molecule has 0 aromatic heterocycles. The fraction of sp³-hybridized carbons (Fsp3) is 0.250. The summed E-state index contributed by atoms with van der Waals surface area (Å²) in [7, 11) is 0. The van der Waals surface area contributed by atoms with Crippen LogP contribution in [0.3, 0.4) is 0 Å². The van der Waals surface area contributed by atoms with Gasteiger partial charge in [-0.3, -0.25) is 0 Å². The molecule has 1 atom stereocenters. The number of benzene rings is 2. The van der Waals surface area contributed by atoms with Gasteiger partial charge in [-0.15, -0.1) is 11.6 Å². The van der Waals surface area contributed by atoms with Crippen LogP contribution in [0, 0.1) is 0 Å². The average Bonchev–Trinajstić information content (AvgIpc) is 2.48. The lowest BCUT2D eigenvalue weighted by molar-refractivity contribution is 0.315. The van der Waals surface area contributed by atoms with E-state index < -0.39 is 0 Å². The Morgan fingerprint density at radius 1 is 1.05 bits per heavy atom. The van der Waals surface area contributed by atoms with E-state index in [0.29, 0.717) is 11.6 Å². The van der Waals surface area contributed by atoms with Crippen molar-refractivity contribution >= 4 is 55.1 Å². The summed E-state index contributed by atoms with van der Waals surface area (Å²) >= 11 is 19.6. The molecular weight excluding hydrogens is 439 g/mol. The van der Waals surface area contributed by atoms with Crippen molar-refractivity contribution in [2.75, 3.05) is 6.61 Å². The van der Waals surface area contributed by atoms with Gasteiger partial charge < -0.3 is 4.74 Å². The van der Waals surface area contributed by atoms with Crippen molar-refractivity contribution in [3.63, 3.8) is 0 Å². The van der Waals surface area contributed by atoms with Gasteiger partial charge in [0.15, 0.2) is 0 Å². The van der Waals surface area contributed by atoms with Crippen molar-refractivity contribution in [1.82, 2.24) is 0 Å². The van der Waals surface area contributed by atoms with E-state index in [-0.39, 0.29) is 5.38 Å². The van der Waals surface area contributed by atoms with E-state index in [2.05, 4.69) is 38.8 Å². The van der Waals surface area contributed by atoms with Gasteiger partial charge in [0.2, 0.25) is 0 Å². The molecule has 0 aliphatic heterocycles. The van der Waals surface area contributed by atoms with Crippen LogP contribution in [0.25, 0.3) is 0 Å². The van der Waals surface area contributed by atoms with Crippen molar-refractivity contribution in [3.8, 4) is 5.75 Å². The van der Waals surface area contributed by atoms with E-state index in [1.807, 2.05) is 36.4 Å². The molecule has 2 aromatic carbocycles. The third-order valence-electron chi connectivity index (χ3n) is 2.95. The molecule has 5 heteroatoms. The molecule has 0 bridgehead atoms. The minimum Gasteiger partial charge on any atom is -0.492 e. The van der Waals surface area contributed by atoms with Gasteiger partial charge in [-0.2, -0.15) is 0 Å². The monoisotopic (exact) mass is 450 g/mol. The first-order valence-electron chi connectivity index (χ1n) is 6.54. The highest BCUT2D eigenvalue weighted by atomic mass is 79.9. The summed E-state index contributed by atoms with van der Waals surface area (Å²) in [5.41, 5.74) is 1.95. The molecular formula is C16H14Br2Cl2O. The van der Waals surface area contributed by atoms with Crippen molar-refractivity contribution in [3.05, 3.63) is 61.5 Å². The highest BCUT2D eigenvalue weighted by Crippen LogP contribution is 2.36. The fourth-order valence-electron chi connectivity index (χ4n) is 1.87. The van der Waals surface area contributed by atoms with Crippen LogP contribution in [0.15, 0.2) is 45.3 Å². The van der Waals surface area contributed by atoms with E-state index in [1.165, 1.54) is 0 Å². The topological polar surface area (TPSA) is 9.23 Å². The standard InChI is InChI=1S/C16H14Br2Cl2O/c1-2-7-21-15-6-4-10(8-13(15)18)16(20)11-3-5-12(17)14(19)9-11/h3-6,8-9,16H,2,7H2,1H3. The molecule has 112 valence electrons. The minimum atomic E-state index is -0.257. The zero-order chi connectivity index (χ0) is 15.4. The third-order valence-corrected chi connectivity index (χ3v) is 5.30. The number of hydrogen-bond acceptors (Lipinski definition) is 1. The molecule has 0 heterocycles. The smallest absolute Gasteiger partial charge is 0.133 e. The highest BCUT2D eigenvalue weighted by Gasteiger charge is 2.14. The molecule has 2 rings (SSSR count). The highest BCUT2D eigenvalue weighted by molar-refractivity contribution is 9.10. The quantitative estimate of drug-likeness (QED) is 0.444. The SMILES string of the molecule is CCCOc1ccc(C(Cl)c2ccc(Br)c(Cl)c2)cc1Br. The summed E-state index contributed by atoms with van der Waals surface area (Å²) in [4.78, 5) is 0. The van der Waals surface area contributed by atoms with Crippen LogP contribution in [0.5, 0.6) is 5.75 Å². The first kappa shape index (κ1) is 17.1. The summed E-state index contributed by atoms with van der Waals surface area (Å²) in [5, 5.41) is 0.396. The maximum absolute atomic E-state index is 6.55. The Bertz CT molecular complexity index is 632. The van der Waals surface area contributed by atoms with Crippen LogP contribution in [0.4, 0.5) is 0 Å². The van der Waals surface area contributed by atoms with Crippen LogP contribution in [-0.4, -0.2) is 6.61 Å². The number of halogens is 4. The van der Waals surface area contributed by atoms with E-state index in [9.17, 15) is 0 Å². The predicted octanol–water partition coefficient (Wildman–Crippen LogP) is 6.98. The first-order valence-corrected chi connectivity index (χ1v) is 8.94. The lowest BCUT2D eigenvalue weighted by atomic mass is 10.0. The maximum atomic E-state index is 6.55. The van der Waals surface area contributed by atoms with Crippen molar-refractivity contribution < 1.29 is 4.74 Å². The van der Waals surface area contributed by atoms with Gasteiger partial charge in [0.25, 0.3) is 0 Å². The average molecular weight is 453 g/mol. The third kappa shape index (κ3) is 4.38. The summed E-state index contributed by atoms with van der Waals surface area (Å²) in [6.45, 7) is 2.78. The van der Waals surface area contributed by atoms with Gasteiger partial charge in [0.05, 0.1) is 21.5 Å². The Balaban J connectivity index is 2.24. The van der Waals surface area contributed by atoms with Crippen LogP contribution in [0.2, 0.25) is 5.02 Å². The Morgan fingerprint density at radius 3 is 2.33 bits per heavy atom. The lowest BCUT2D eigenvalue weighted by Crippen LogP contribution is -1.98. The molecule has 2 aromatic rings. The first-order chi connectivity index (χ1) is 10.0. The molecule has 1 nitrogen and oxygen atoms in total. The molecule has 0 N–H and O–H groups in total. The lowest BCUT2D eigenvalue weighted by Gasteiger charge is -2.14. The fourth-order valence-corrected chi connectivity index (χ4v) is 3.08. The molecule has 1 unspecified atom stereocenters. The number of alkyl halides is 1.